The van der Waals surface area contributed by atoms with Crippen LogP contribution in [0, 0.1) is 10.1 Å². The fraction of sp³-hybridized carbons (Fsp3) is 0.167. The molecule has 0 radical (unpaired) electrons. The van der Waals surface area contributed by atoms with Gasteiger partial charge in [0.15, 0.2) is 0 Å². The van der Waals surface area contributed by atoms with Crippen molar-refractivity contribution >= 4 is 17.4 Å². The fourth-order valence-corrected chi connectivity index (χ4v) is 1.06. The van der Waals surface area contributed by atoms with Gasteiger partial charge >= 0.3 is 5.69 Å². The summed E-state index contributed by atoms with van der Waals surface area (Å²) < 4.78 is 0. The third-order valence-corrected chi connectivity index (χ3v) is 1.88. The molecule has 0 atom stereocenters. The number of thioether (sulfide) groups is 1. The SMILES string of the molecule is CSc1cc([N+](=O)[O-])c(O)cn1. The first-order valence-corrected chi connectivity index (χ1v) is 4.25. The molecular formula is C6H6N2O3S. The average molecular weight is 186 g/mol. The highest BCUT2D eigenvalue weighted by atomic mass is 32.2. The first kappa shape index (κ1) is 8.79. The Hall–Kier alpha value is -1.30. The van der Waals surface area contributed by atoms with Crippen LogP contribution in [0.4, 0.5) is 5.69 Å². The summed E-state index contributed by atoms with van der Waals surface area (Å²) in [5.41, 5.74) is -0.311. The van der Waals surface area contributed by atoms with E-state index in [4.69, 9.17) is 5.11 Å². The predicted molar refractivity (Wildman–Crippen MR) is 44.3 cm³/mol. The Bertz CT molecular complexity index is 316. The second-order valence-electron chi connectivity index (χ2n) is 1.97. The summed E-state index contributed by atoms with van der Waals surface area (Å²) in [5.74, 6) is -0.405. The second-order valence-corrected chi connectivity index (χ2v) is 2.80. The van der Waals surface area contributed by atoms with Crippen LogP contribution in [0.25, 0.3) is 0 Å². The van der Waals surface area contributed by atoms with E-state index in [1.807, 2.05) is 0 Å². The minimum Gasteiger partial charge on any atom is -0.501 e. The van der Waals surface area contributed by atoms with Crippen LogP contribution in [-0.2, 0) is 0 Å². The van der Waals surface area contributed by atoms with Gasteiger partial charge in [-0.1, -0.05) is 0 Å². The van der Waals surface area contributed by atoms with Gasteiger partial charge in [-0.25, -0.2) is 4.98 Å². The largest absolute Gasteiger partial charge is 0.501 e. The number of nitrogens with zero attached hydrogens (tertiary/aromatic N) is 2. The molecule has 1 aromatic heterocycles. The summed E-state index contributed by atoms with van der Waals surface area (Å²) in [6, 6.07) is 1.24. The van der Waals surface area contributed by atoms with Crippen LogP contribution < -0.4 is 0 Å². The van der Waals surface area contributed by atoms with Crippen molar-refractivity contribution in [2.75, 3.05) is 6.26 Å². The molecule has 0 bridgehead atoms. The van der Waals surface area contributed by atoms with Crippen LogP contribution in [0.1, 0.15) is 0 Å². The van der Waals surface area contributed by atoms with Crippen LogP contribution in [0.5, 0.6) is 5.75 Å². The lowest BCUT2D eigenvalue weighted by atomic mass is 10.4. The maximum Gasteiger partial charge on any atom is 0.315 e. The van der Waals surface area contributed by atoms with Crippen molar-refractivity contribution < 1.29 is 10.0 Å². The summed E-state index contributed by atoms with van der Waals surface area (Å²) in [7, 11) is 0. The van der Waals surface area contributed by atoms with E-state index in [2.05, 4.69) is 4.98 Å². The van der Waals surface area contributed by atoms with Crippen molar-refractivity contribution in [2.45, 2.75) is 5.03 Å². The molecule has 1 heterocycles. The van der Waals surface area contributed by atoms with Gasteiger partial charge in [0.1, 0.15) is 5.03 Å². The number of nitro groups is 1. The normalized spacial score (nSPS) is 9.75. The fourth-order valence-electron chi connectivity index (χ4n) is 0.677. The molecule has 6 heteroatoms. The highest BCUT2D eigenvalue weighted by molar-refractivity contribution is 7.98. The topological polar surface area (TPSA) is 76.3 Å². The monoisotopic (exact) mass is 186 g/mol. The zero-order valence-electron chi connectivity index (χ0n) is 6.22. The lowest BCUT2D eigenvalue weighted by Crippen LogP contribution is -1.90. The Morgan fingerprint density at radius 2 is 2.42 bits per heavy atom. The van der Waals surface area contributed by atoms with Crippen molar-refractivity contribution in [3.8, 4) is 5.75 Å². The number of aromatic hydroxyl groups is 1. The highest BCUT2D eigenvalue weighted by Crippen LogP contribution is 2.27. The van der Waals surface area contributed by atoms with Crippen LogP contribution >= 0.6 is 11.8 Å². The van der Waals surface area contributed by atoms with Crippen LogP contribution in [0.15, 0.2) is 17.3 Å². The quantitative estimate of drug-likeness (QED) is 0.429. The lowest BCUT2D eigenvalue weighted by molar-refractivity contribution is -0.386. The number of hydrogen-bond acceptors (Lipinski definition) is 5. The first-order chi connectivity index (χ1) is 5.65. The van der Waals surface area contributed by atoms with E-state index in [1.54, 1.807) is 6.26 Å². The molecule has 1 N–H and O–H groups in total. The van der Waals surface area contributed by atoms with Crippen LogP contribution in [-0.4, -0.2) is 21.3 Å². The van der Waals surface area contributed by atoms with Crippen molar-refractivity contribution in [1.29, 1.82) is 0 Å². The molecule has 12 heavy (non-hydrogen) atoms. The Morgan fingerprint density at radius 1 is 1.75 bits per heavy atom. The molecule has 64 valence electrons. The van der Waals surface area contributed by atoms with Crippen molar-refractivity contribution in [3.63, 3.8) is 0 Å². The van der Waals surface area contributed by atoms with E-state index in [1.165, 1.54) is 17.8 Å². The highest BCUT2D eigenvalue weighted by Gasteiger charge is 2.13. The minimum atomic E-state index is -0.642. The molecule has 0 fully saturated rings. The van der Waals surface area contributed by atoms with E-state index >= 15 is 0 Å². The molecule has 0 aliphatic carbocycles. The number of aromatic nitrogens is 1. The maximum atomic E-state index is 10.3. The molecule has 0 aliphatic heterocycles. The predicted octanol–water partition coefficient (Wildman–Crippen LogP) is 1.42. The summed E-state index contributed by atoms with van der Waals surface area (Å²) >= 11 is 1.28. The maximum absolute atomic E-state index is 10.3. The molecule has 5 nitrogen and oxygen atoms in total. The van der Waals surface area contributed by atoms with Gasteiger partial charge in [-0.15, -0.1) is 11.8 Å². The van der Waals surface area contributed by atoms with Gasteiger partial charge in [0.25, 0.3) is 0 Å². The Labute approximate surface area is 72.6 Å². The molecule has 1 aromatic rings. The minimum absolute atomic E-state index is 0.311. The van der Waals surface area contributed by atoms with Gasteiger partial charge in [-0.3, -0.25) is 10.1 Å². The molecular weight excluding hydrogens is 180 g/mol. The van der Waals surface area contributed by atoms with Gasteiger partial charge in [0.05, 0.1) is 17.2 Å². The van der Waals surface area contributed by atoms with E-state index in [-0.39, 0.29) is 5.69 Å². The zero-order valence-corrected chi connectivity index (χ0v) is 7.04. The second kappa shape index (κ2) is 3.40. The standard InChI is InChI=1S/C6H6N2O3S/c1-12-6-2-4(8(10)11)5(9)3-7-6/h2-3,9H,1H3. The summed E-state index contributed by atoms with van der Waals surface area (Å²) in [5, 5.41) is 19.8. The average Bonchev–Trinajstić information content (AvgIpc) is 2.05. The van der Waals surface area contributed by atoms with Crippen molar-refractivity contribution in [2.24, 2.45) is 0 Å². The number of hydrogen-bond donors (Lipinski definition) is 1. The van der Waals surface area contributed by atoms with Gasteiger partial charge in [0.2, 0.25) is 5.75 Å². The van der Waals surface area contributed by atoms with E-state index in [0.29, 0.717) is 5.03 Å². The van der Waals surface area contributed by atoms with Crippen molar-refractivity contribution in [1.82, 2.24) is 4.98 Å². The van der Waals surface area contributed by atoms with Crippen LogP contribution in [0.2, 0.25) is 0 Å². The van der Waals surface area contributed by atoms with Gasteiger partial charge in [0, 0.05) is 0 Å². The van der Waals surface area contributed by atoms with E-state index in [9.17, 15) is 10.1 Å². The van der Waals surface area contributed by atoms with Gasteiger partial charge in [-0.05, 0) is 6.26 Å². The Morgan fingerprint density at radius 3 is 2.92 bits per heavy atom. The molecule has 0 unspecified atom stereocenters. The van der Waals surface area contributed by atoms with Crippen molar-refractivity contribution in [3.05, 3.63) is 22.4 Å². The third-order valence-electron chi connectivity index (χ3n) is 1.24. The molecule has 0 aromatic carbocycles. The Balaban J connectivity index is 3.17. The zero-order chi connectivity index (χ0) is 9.14. The molecule has 0 amide bonds. The Kier molecular flexibility index (Phi) is 2.49. The summed E-state index contributed by atoms with van der Waals surface area (Å²) in [6.07, 6.45) is 2.83. The van der Waals surface area contributed by atoms with E-state index in [0.717, 1.165) is 6.20 Å². The number of pyridine rings is 1. The summed E-state index contributed by atoms with van der Waals surface area (Å²) in [4.78, 5) is 13.4. The molecule has 0 saturated heterocycles. The molecule has 0 aliphatic rings. The number of rotatable bonds is 2. The third kappa shape index (κ3) is 1.65. The van der Waals surface area contributed by atoms with Gasteiger partial charge in [-0.2, -0.15) is 0 Å². The lowest BCUT2D eigenvalue weighted by Gasteiger charge is -1.96. The van der Waals surface area contributed by atoms with Crippen LogP contribution in [0.3, 0.4) is 0 Å². The van der Waals surface area contributed by atoms with E-state index < -0.39 is 10.7 Å². The smallest absolute Gasteiger partial charge is 0.315 e. The molecule has 1 rings (SSSR count). The summed E-state index contributed by atoms with van der Waals surface area (Å²) in [6.45, 7) is 0. The first-order valence-electron chi connectivity index (χ1n) is 3.02. The van der Waals surface area contributed by atoms with Gasteiger partial charge < -0.3 is 5.11 Å². The molecule has 0 spiro atoms. The molecule has 0 saturated carbocycles.